The van der Waals surface area contributed by atoms with Gasteiger partial charge in [0.1, 0.15) is 5.75 Å². The van der Waals surface area contributed by atoms with Crippen molar-refractivity contribution in [3.8, 4) is 5.75 Å². The molecular weight excluding hydrogens is 312 g/mol. The highest BCUT2D eigenvalue weighted by Gasteiger charge is 2.25. The number of hydrogen-bond acceptors (Lipinski definition) is 1. The molecule has 1 saturated carbocycles. The standard InChI is InChI=1S/C15H20BrClO/c1-18-15-7-6-14(17)9-12(15)8-13(10-16)11-4-2-3-5-11/h6-7,9,11,13H,2-5,8,10H2,1H3. The number of halogens is 2. The van der Waals surface area contributed by atoms with E-state index in [0.29, 0.717) is 5.92 Å². The molecule has 0 saturated heterocycles. The number of ether oxygens (including phenoxy) is 1. The van der Waals surface area contributed by atoms with E-state index < -0.39 is 0 Å². The van der Waals surface area contributed by atoms with Gasteiger partial charge in [-0.25, -0.2) is 0 Å². The van der Waals surface area contributed by atoms with Crippen molar-refractivity contribution in [1.29, 1.82) is 0 Å². The molecule has 1 aromatic carbocycles. The van der Waals surface area contributed by atoms with Crippen LogP contribution >= 0.6 is 27.5 Å². The van der Waals surface area contributed by atoms with E-state index in [9.17, 15) is 0 Å². The molecule has 18 heavy (non-hydrogen) atoms. The van der Waals surface area contributed by atoms with Gasteiger partial charge in [-0.15, -0.1) is 0 Å². The Morgan fingerprint density at radius 1 is 1.39 bits per heavy atom. The normalized spacial score (nSPS) is 17.9. The Bertz CT molecular complexity index is 388. The van der Waals surface area contributed by atoms with Crippen LogP contribution in [0.3, 0.4) is 0 Å². The smallest absolute Gasteiger partial charge is 0.122 e. The van der Waals surface area contributed by atoms with Crippen LogP contribution in [0.15, 0.2) is 18.2 Å². The van der Waals surface area contributed by atoms with E-state index in [0.717, 1.165) is 28.4 Å². The molecule has 0 bridgehead atoms. The summed E-state index contributed by atoms with van der Waals surface area (Å²) in [5, 5.41) is 1.86. The fourth-order valence-electron chi connectivity index (χ4n) is 2.97. The highest BCUT2D eigenvalue weighted by Crippen LogP contribution is 2.36. The van der Waals surface area contributed by atoms with E-state index in [-0.39, 0.29) is 0 Å². The summed E-state index contributed by atoms with van der Waals surface area (Å²) in [4.78, 5) is 0. The third kappa shape index (κ3) is 3.42. The first-order chi connectivity index (χ1) is 8.74. The Morgan fingerprint density at radius 3 is 2.72 bits per heavy atom. The lowest BCUT2D eigenvalue weighted by molar-refractivity contribution is 0.361. The highest BCUT2D eigenvalue weighted by atomic mass is 79.9. The van der Waals surface area contributed by atoms with E-state index >= 15 is 0 Å². The van der Waals surface area contributed by atoms with Gasteiger partial charge in [-0.05, 0) is 42.0 Å². The molecule has 0 spiro atoms. The molecule has 1 fully saturated rings. The Morgan fingerprint density at radius 2 is 2.11 bits per heavy atom. The average Bonchev–Trinajstić information content (AvgIpc) is 2.90. The number of hydrogen-bond donors (Lipinski definition) is 0. The monoisotopic (exact) mass is 330 g/mol. The molecule has 0 aromatic heterocycles. The molecule has 1 atom stereocenters. The van der Waals surface area contributed by atoms with Crippen molar-refractivity contribution < 1.29 is 4.74 Å². The Balaban J connectivity index is 2.12. The predicted octanol–water partition coefficient (Wildman–Crippen LogP) is 5.09. The van der Waals surface area contributed by atoms with E-state index in [4.69, 9.17) is 16.3 Å². The largest absolute Gasteiger partial charge is 0.496 e. The van der Waals surface area contributed by atoms with Gasteiger partial charge in [0.25, 0.3) is 0 Å². The first-order valence-corrected chi connectivity index (χ1v) is 8.13. The summed E-state index contributed by atoms with van der Waals surface area (Å²) in [5.74, 6) is 2.51. The number of rotatable bonds is 5. The zero-order valence-electron chi connectivity index (χ0n) is 10.8. The van der Waals surface area contributed by atoms with Gasteiger partial charge in [-0.1, -0.05) is 53.2 Å². The Kier molecular flexibility index (Phi) is 5.38. The molecule has 1 aromatic rings. The van der Waals surface area contributed by atoms with Crippen molar-refractivity contribution in [2.45, 2.75) is 32.1 Å². The maximum absolute atomic E-state index is 6.09. The summed E-state index contributed by atoms with van der Waals surface area (Å²) in [6.45, 7) is 0. The molecule has 0 N–H and O–H groups in total. The summed E-state index contributed by atoms with van der Waals surface area (Å²) >= 11 is 9.77. The van der Waals surface area contributed by atoms with Crippen LogP contribution in [0.5, 0.6) is 5.75 Å². The van der Waals surface area contributed by atoms with Gasteiger partial charge in [0, 0.05) is 10.4 Å². The topological polar surface area (TPSA) is 9.23 Å². The Labute approximate surface area is 123 Å². The second kappa shape index (κ2) is 6.81. The van der Waals surface area contributed by atoms with Gasteiger partial charge in [-0.3, -0.25) is 0 Å². The molecule has 2 rings (SSSR count). The maximum Gasteiger partial charge on any atom is 0.122 e. The summed E-state index contributed by atoms with van der Waals surface area (Å²) in [6.07, 6.45) is 6.58. The number of alkyl halides is 1. The van der Waals surface area contributed by atoms with Crippen LogP contribution in [0.25, 0.3) is 0 Å². The lowest BCUT2D eigenvalue weighted by atomic mass is 9.87. The fraction of sp³-hybridized carbons (Fsp3) is 0.600. The third-order valence-corrected chi connectivity index (χ3v) is 5.06. The molecule has 0 aliphatic heterocycles. The minimum absolute atomic E-state index is 0.694. The maximum atomic E-state index is 6.09. The van der Waals surface area contributed by atoms with Gasteiger partial charge >= 0.3 is 0 Å². The van der Waals surface area contributed by atoms with Crippen molar-refractivity contribution in [1.82, 2.24) is 0 Å². The van der Waals surface area contributed by atoms with Gasteiger partial charge < -0.3 is 4.74 Å². The second-order valence-electron chi connectivity index (χ2n) is 5.12. The molecule has 0 heterocycles. The molecule has 0 radical (unpaired) electrons. The molecule has 3 heteroatoms. The predicted molar refractivity (Wildman–Crippen MR) is 81.0 cm³/mol. The lowest BCUT2D eigenvalue weighted by Crippen LogP contribution is -2.16. The van der Waals surface area contributed by atoms with Crippen LogP contribution in [0.2, 0.25) is 5.02 Å². The van der Waals surface area contributed by atoms with Gasteiger partial charge in [0.05, 0.1) is 7.11 Å². The second-order valence-corrected chi connectivity index (χ2v) is 6.20. The third-order valence-electron chi connectivity index (χ3n) is 3.99. The summed E-state index contributed by atoms with van der Waals surface area (Å²) in [7, 11) is 1.73. The van der Waals surface area contributed by atoms with Crippen LogP contribution in [0.4, 0.5) is 0 Å². The van der Waals surface area contributed by atoms with Crippen LogP contribution in [0, 0.1) is 11.8 Å². The van der Waals surface area contributed by atoms with Gasteiger partial charge in [-0.2, -0.15) is 0 Å². The van der Waals surface area contributed by atoms with Crippen LogP contribution in [-0.2, 0) is 6.42 Å². The van der Waals surface area contributed by atoms with Crippen LogP contribution in [0.1, 0.15) is 31.2 Å². The van der Waals surface area contributed by atoms with Crippen molar-refractivity contribution in [2.75, 3.05) is 12.4 Å². The summed E-state index contributed by atoms with van der Waals surface area (Å²) < 4.78 is 5.43. The van der Waals surface area contributed by atoms with Crippen LogP contribution < -0.4 is 4.74 Å². The molecule has 1 unspecified atom stereocenters. The number of methoxy groups -OCH3 is 1. The molecule has 1 nitrogen and oxygen atoms in total. The van der Waals surface area contributed by atoms with E-state index in [2.05, 4.69) is 15.9 Å². The highest BCUT2D eigenvalue weighted by molar-refractivity contribution is 9.09. The van der Waals surface area contributed by atoms with Crippen molar-refractivity contribution >= 4 is 27.5 Å². The zero-order valence-corrected chi connectivity index (χ0v) is 13.1. The van der Waals surface area contributed by atoms with E-state index in [1.807, 2.05) is 18.2 Å². The minimum Gasteiger partial charge on any atom is -0.496 e. The van der Waals surface area contributed by atoms with Crippen molar-refractivity contribution in [3.63, 3.8) is 0 Å². The summed E-state index contributed by atoms with van der Waals surface area (Å²) in [6, 6.07) is 5.91. The molecule has 0 amide bonds. The molecule has 1 aliphatic carbocycles. The zero-order chi connectivity index (χ0) is 13.0. The average molecular weight is 332 g/mol. The van der Waals surface area contributed by atoms with E-state index in [1.54, 1.807) is 7.11 Å². The molecule has 1 aliphatic rings. The lowest BCUT2D eigenvalue weighted by Gasteiger charge is -2.22. The van der Waals surface area contributed by atoms with Crippen LogP contribution in [-0.4, -0.2) is 12.4 Å². The Hall–Kier alpha value is -0.210. The minimum atomic E-state index is 0.694. The SMILES string of the molecule is COc1ccc(Cl)cc1CC(CBr)C1CCCC1. The first kappa shape index (κ1) is 14.2. The quantitative estimate of drug-likeness (QED) is 0.683. The van der Waals surface area contributed by atoms with Crippen molar-refractivity contribution in [2.24, 2.45) is 11.8 Å². The van der Waals surface area contributed by atoms with E-state index in [1.165, 1.54) is 31.2 Å². The summed E-state index contributed by atoms with van der Waals surface area (Å²) in [5.41, 5.74) is 1.24. The molecular formula is C15H20BrClO. The van der Waals surface area contributed by atoms with Crippen molar-refractivity contribution in [3.05, 3.63) is 28.8 Å². The van der Waals surface area contributed by atoms with Gasteiger partial charge in [0.15, 0.2) is 0 Å². The fourth-order valence-corrected chi connectivity index (χ4v) is 3.92. The first-order valence-electron chi connectivity index (χ1n) is 6.63. The number of benzene rings is 1. The van der Waals surface area contributed by atoms with Gasteiger partial charge in [0.2, 0.25) is 0 Å². The molecule has 100 valence electrons.